The van der Waals surface area contributed by atoms with Crippen molar-refractivity contribution in [1.29, 1.82) is 0 Å². The van der Waals surface area contributed by atoms with Crippen LogP contribution in [0.1, 0.15) is 38.3 Å². The summed E-state index contributed by atoms with van der Waals surface area (Å²) in [5.74, 6) is 1.46. The maximum atomic E-state index is 12.9. The van der Waals surface area contributed by atoms with Gasteiger partial charge in [-0.2, -0.15) is 0 Å². The summed E-state index contributed by atoms with van der Waals surface area (Å²) in [5, 5.41) is 7.32. The van der Waals surface area contributed by atoms with Gasteiger partial charge in [-0.1, -0.05) is 35.5 Å². The lowest BCUT2D eigenvalue weighted by Crippen LogP contribution is -2.50. The van der Waals surface area contributed by atoms with Gasteiger partial charge in [0.2, 0.25) is 6.79 Å². The molecule has 0 fully saturated rings. The molecule has 0 saturated carbocycles. The first kappa shape index (κ1) is 20.1. The molecule has 0 saturated heterocycles. The number of nitrogens with zero attached hydrogens (tertiary/aromatic N) is 2. The number of urea groups is 1. The predicted octanol–water partition coefficient (Wildman–Crippen LogP) is 3.92. The molecule has 0 aliphatic carbocycles. The summed E-state index contributed by atoms with van der Waals surface area (Å²) in [5.41, 5.74) is 2.53. The Morgan fingerprint density at radius 2 is 1.90 bits per heavy atom. The fourth-order valence-electron chi connectivity index (χ4n) is 3.44. The number of oxime groups is 1. The summed E-state index contributed by atoms with van der Waals surface area (Å²) < 4.78 is 10.8. The van der Waals surface area contributed by atoms with Crippen LogP contribution in [0.2, 0.25) is 0 Å². The van der Waals surface area contributed by atoms with E-state index in [1.807, 2.05) is 69.3 Å². The molecule has 7 nitrogen and oxygen atoms in total. The van der Waals surface area contributed by atoms with Crippen LogP contribution in [0.15, 0.2) is 53.7 Å². The van der Waals surface area contributed by atoms with Gasteiger partial charge >= 0.3 is 6.03 Å². The van der Waals surface area contributed by atoms with E-state index in [1.54, 1.807) is 4.90 Å². The molecule has 0 radical (unpaired) electrons. The van der Waals surface area contributed by atoms with Crippen LogP contribution in [0.5, 0.6) is 11.5 Å². The van der Waals surface area contributed by atoms with Crippen molar-refractivity contribution in [3.8, 4) is 11.5 Å². The lowest BCUT2D eigenvalue weighted by atomic mass is 10.0. The molecule has 1 N–H and O–H groups in total. The number of amides is 2. The molecule has 1 atom stereocenters. The van der Waals surface area contributed by atoms with Crippen molar-refractivity contribution in [2.24, 2.45) is 5.16 Å². The Morgan fingerprint density at radius 3 is 2.67 bits per heavy atom. The monoisotopic (exact) mass is 409 g/mol. The zero-order valence-electron chi connectivity index (χ0n) is 17.6. The standard InChI is InChI=1S/C23H27N3O4/c1-23(2,3)24-22(27)26(13-16-7-5-4-6-8-16)14-18-12-19(25-30-18)17-9-10-20-21(11-17)29-15-28-20/h4-11,18H,12-15H2,1-3H3,(H,24,27). The minimum Gasteiger partial charge on any atom is -0.454 e. The van der Waals surface area contributed by atoms with Crippen molar-refractivity contribution in [2.45, 2.75) is 45.4 Å². The van der Waals surface area contributed by atoms with Crippen LogP contribution in [0.25, 0.3) is 0 Å². The third-order valence-corrected chi connectivity index (χ3v) is 4.85. The summed E-state index contributed by atoms with van der Waals surface area (Å²) >= 11 is 0. The first-order valence-corrected chi connectivity index (χ1v) is 10.1. The smallest absolute Gasteiger partial charge is 0.318 e. The Morgan fingerprint density at radius 1 is 1.13 bits per heavy atom. The normalized spacial score (nSPS) is 17.3. The second-order valence-corrected chi connectivity index (χ2v) is 8.58. The number of fused-ring (bicyclic) bond motifs is 1. The van der Waals surface area contributed by atoms with Crippen molar-refractivity contribution in [3.05, 3.63) is 59.7 Å². The number of carbonyl (C=O) groups is 1. The van der Waals surface area contributed by atoms with Crippen LogP contribution < -0.4 is 14.8 Å². The van der Waals surface area contributed by atoms with E-state index in [0.717, 1.165) is 22.6 Å². The lowest BCUT2D eigenvalue weighted by molar-refractivity contribution is 0.0580. The molecule has 7 heteroatoms. The van der Waals surface area contributed by atoms with Gasteiger partial charge in [-0.25, -0.2) is 4.79 Å². The van der Waals surface area contributed by atoms with Crippen LogP contribution in [-0.2, 0) is 11.4 Å². The lowest BCUT2D eigenvalue weighted by Gasteiger charge is -2.29. The maximum absolute atomic E-state index is 12.9. The van der Waals surface area contributed by atoms with Gasteiger partial charge in [0.15, 0.2) is 17.6 Å². The highest BCUT2D eigenvalue weighted by molar-refractivity contribution is 6.01. The number of hydrogen-bond donors (Lipinski definition) is 1. The van der Waals surface area contributed by atoms with Gasteiger partial charge in [-0.15, -0.1) is 0 Å². The number of nitrogens with one attached hydrogen (secondary N) is 1. The minimum absolute atomic E-state index is 0.119. The van der Waals surface area contributed by atoms with Crippen molar-refractivity contribution in [2.75, 3.05) is 13.3 Å². The van der Waals surface area contributed by atoms with Gasteiger partial charge in [-0.05, 0) is 44.5 Å². The molecule has 2 aromatic rings. The van der Waals surface area contributed by atoms with Crippen molar-refractivity contribution in [3.63, 3.8) is 0 Å². The third-order valence-electron chi connectivity index (χ3n) is 4.85. The van der Waals surface area contributed by atoms with E-state index >= 15 is 0 Å². The van der Waals surface area contributed by atoms with E-state index in [0.29, 0.717) is 25.3 Å². The van der Waals surface area contributed by atoms with E-state index in [-0.39, 0.29) is 24.5 Å². The maximum Gasteiger partial charge on any atom is 0.318 e. The highest BCUT2D eigenvalue weighted by Crippen LogP contribution is 2.33. The first-order chi connectivity index (χ1) is 14.4. The largest absolute Gasteiger partial charge is 0.454 e. The fourth-order valence-corrected chi connectivity index (χ4v) is 3.44. The Balaban J connectivity index is 1.43. The van der Waals surface area contributed by atoms with Crippen LogP contribution in [-0.4, -0.2) is 41.6 Å². The van der Waals surface area contributed by atoms with E-state index in [4.69, 9.17) is 14.3 Å². The summed E-state index contributed by atoms with van der Waals surface area (Å²) in [6, 6.07) is 15.6. The number of ether oxygens (including phenoxy) is 2. The second-order valence-electron chi connectivity index (χ2n) is 8.58. The summed E-state index contributed by atoms with van der Waals surface area (Å²) in [4.78, 5) is 20.4. The van der Waals surface area contributed by atoms with Gasteiger partial charge in [0, 0.05) is 24.1 Å². The van der Waals surface area contributed by atoms with Gasteiger partial charge in [0.05, 0.1) is 12.3 Å². The van der Waals surface area contributed by atoms with Gasteiger partial charge in [-0.3, -0.25) is 0 Å². The molecule has 2 aliphatic heterocycles. The van der Waals surface area contributed by atoms with Crippen LogP contribution in [0, 0.1) is 0 Å². The number of rotatable bonds is 5. The molecule has 30 heavy (non-hydrogen) atoms. The highest BCUT2D eigenvalue weighted by Gasteiger charge is 2.29. The summed E-state index contributed by atoms with van der Waals surface area (Å²) in [6.45, 7) is 7.09. The molecule has 0 aromatic heterocycles. The zero-order valence-corrected chi connectivity index (χ0v) is 17.6. The Hall–Kier alpha value is -3.22. The average Bonchev–Trinajstić information content (AvgIpc) is 3.35. The molecule has 2 aromatic carbocycles. The third kappa shape index (κ3) is 4.84. The number of benzene rings is 2. The highest BCUT2D eigenvalue weighted by atomic mass is 16.7. The van der Waals surface area contributed by atoms with Gasteiger partial charge in [0.25, 0.3) is 0 Å². The van der Waals surface area contributed by atoms with Crippen LogP contribution >= 0.6 is 0 Å². The fraction of sp³-hybridized carbons (Fsp3) is 0.391. The zero-order chi connectivity index (χ0) is 21.1. The predicted molar refractivity (Wildman–Crippen MR) is 114 cm³/mol. The van der Waals surface area contributed by atoms with E-state index in [9.17, 15) is 4.79 Å². The van der Waals surface area contributed by atoms with Crippen molar-refractivity contribution < 1.29 is 19.1 Å². The van der Waals surface area contributed by atoms with E-state index in [2.05, 4.69) is 10.5 Å². The van der Waals surface area contributed by atoms with E-state index < -0.39 is 0 Å². The van der Waals surface area contributed by atoms with Crippen LogP contribution in [0.3, 0.4) is 0 Å². The SMILES string of the molecule is CC(C)(C)NC(=O)N(Cc1ccccc1)CC1CC(c2ccc3c(c2)OCO3)=NO1. The van der Waals surface area contributed by atoms with Crippen LogP contribution in [0.4, 0.5) is 4.79 Å². The van der Waals surface area contributed by atoms with E-state index in [1.165, 1.54) is 0 Å². The second kappa shape index (κ2) is 8.26. The molecule has 2 aliphatic rings. The molecule has 158 valence electrons. The molecule has 0 bridgehead atoms. The van der Waals surface area contributed by atoms with Gasteiger partial charge in [0.1, 0.15) is 0 Å². The number of hydrogen-bond acceptors (Lipinski definition) is 5. The van der Waals surface area contributed by atoms with Crippen molar-refractivity contribution in [1.82, 2.24) is 10.2 Å². The molecule has 0 spiro atoms. The molecule has 4 rings (SSSR count). The van der Waals surface area contributed by atoms with Gasteiger partial charge < -0.3 is 24.5 Å². The summed E-state index contributed by atoms with van der Waals surface area (Å²) in [7, 11) is 0. The quantitative estimate of drug-likeness (QED) is 0.813. The molecule has 2 heterocycles. The average molecular weight is 409 g/mol. The molecule has 1 unspecified atom stereocenters. The molecular formula is C23H27N3O4. The summed E-state index contributed by atoms with van der Waals surface area (Å²) in [6.07, 6.45) is 0.410. The Kier molecular flexibility index (Phi) is 5.53. The molecular weight excluding hydrogens is 382 g/mol. The topological polar surface area (TPSA) is 72.4 Å². The van der Waals surface area contributed by atoms with Crippen molar-refractivity contribution >= 4 is 11.7 Å². The molecule has 2 amide bonds. The first-order valence-electron chi connectivity index (χ1n) is 10.1. The minimum atomic E-state index is -0.323. The Bertz CT molecular complexity index is 937. The Labute approximate surface area is 176 Å². The number of carbonyl (C=O) groups excluding carboxylic acids is 1.